The summed E-state index contributed by atoms with van der Waals surface area (Å²) in [5.74, 6) is -0.354. The highest BCUT2D eigenvalue weighted by Crippen LogP contribution is 2.28. The Morgan fingerprint density at radius 2 is 1.94 bits per heavy atom. The summed E-state index contributed by atoms with van der Waals surface area (Å²) >= 11 is 0. The number of phenolic OH excluding ortho intramolecular Hbond substituents is 1. The minimum absolute atomic E-state index is 0. The van der Waals surface area contributed by atoms with Gasteiger partial charge in [-0.15, -0.1) is 12.4 Å². The molecule has 0 radical (unpaired) electrons. The monoisotopic (exact) mass is 247 g/mol. The lowest BCUT2D eigenvalue weighted by Gasteiger charge is -2.14. The van der Waals surface area contributed by atoms with Crippen molar-refractivity contribution in [3.63, 3.8) is 0 Å². The maximum atomic E-state index is 13.0. The normalized spacial score (nSPS) is 12.3. The van der Waals surface area contributed by atoms with Gasteiger partial charge in [0.15, 0.2) is 11.6 Å². The first-order chi connectivity index (χ1) is 7.02. The van der Waals surface area contributed by atoms with Crippen LogP contribution in [0.5, 0.6) is 5.75 Å². The lowest BCUT2D eigenvalue weighted by atomic mass is 9.97. The average molecular weight is 248 g/mol. The van der Waals surface area contributed by atoms with Gasteiger partial charge in [-0.1, -0.05) is 26.0 Å². The average Bonchev–Trinajstić information content (AvgIpc) is 2.18. The number of benzene rings is 1. The summed E-state index contributed by atoms with van der Waals surface area (Å²) in [6, 6.07) is 4.18. The zero-order valence-corrected chi connectivity index (χ0v) is 10.4. The first-order valence-corrected chi connectivity index (χ1v) is 5.25. The fourth-order valence-electron chi connectivity index (χ4n) is 1.50. The minimum atomic E-state index is -0.604. The summed E-state index contributed by atoms with van der Waals surface area (Å²) in [6.45, 7) is 4.22. The van der Waals surface area contributed by atoms with Gasteiger partial charge in [0.2, 0.25) is 0 Å². The Morgan fingerprint density at radius 3 is 2.50 bits per heavy atom. The molecule has 1 atom stereocenters. The highest BCUT2D eigenvalue weighted by molar-refractivity contribution is 5.85. The van der Waals surface area contributed by atoms with E-state index < -0.39 is 5.82 Å². The number of nitrogens with two attached hydrogens (primary N) is 1. The van der Waals surface area contributed by atoms with E-state index in [0.717, 1.165) is 12.8 Å². The van der Waals surface area contributed by atoms with Crippen molar-refractivity contribution >= 4 is 12.4 Å². The van der Waals surface area contributed by atoms with E-state index in [-0.39, 0.29) is 24.2 Å². The molecule has 0 aliphatic carbocycles. The van der Waals surface area contributed by atoms with Crippen LogP contribution in [0.15, 0.2) is 18.2 Å². The number of halogens is 2. The lowest BCUT2D eigenvalue weighted by Crippen LogP contribution is -2.11. The van der Waals surface area contributed by atoms with Crippen molar-refractivity contribution in [2.24, 2.45) is 11.7 Å². The summed E-state index contributed by atoms with van der Waals surface area (Å²) in [7, 11) is 0. The van der Waals surface area contributed by atoms with E-state index in [1.54, 1.807) is 12.1 Å². The zero-order valence-electron chi connectivity index (χ0n) is 9.61. The number of hydrogen-bond donors (Lipinski definition) is 2. The molecule has 0 bridgehead atoms. The topological polar surface area (TPSA) is 46.2 Å². The van der Waals surface area contributed by atoms with Crippen LogP contribution in [0.4, 0.5) is 4.39 Å². The van der Waals surface area contributed by atoms with Crippen LogP contribution in [0, 0.1) is 11.7 Å². The van der Waals surface area contributed by atoms with E-state index in [9.17, 15) is 9.50 Å². The van der Waals surface area contributed by atoms with Crippen molar-refractivity contribution in [3.05, 3.63) is 29.6 Å². The van der Waals surface area contributed by atoms with Crippen molar-refractivity contribution in [2.75, 3.05) is 0 Å². The van der Waals surface area contributed by atoms with Gasteiger partial charge in [-0.2, -0.15) is 0 Å². The van der Waals surface area contributed by atoms with Gasteiger partial charge in [-0.25, -0.2) is 4.39 Å². The molecule has 2 nitrogen and oxygen atoms in total. The second kappa shape index (κ2) is 6.71. The Labute approximate surface area is 102 Å². The fraction of sp³-hybridized carbons (Fsp3) is 0.500. The molecule has 3 N–H and O–H groups in total. The highest BCUT2D eigenvalue weighted by atomic mass is 35.5. The largest absolute Gasteiger partial charge is 0.505 e. The summed E-state index contributed by atoms with van der Waals surface area (Å²) < 4.78 is 13.0. The Kier molecular flexibility index (Phi) is 6.38. The summed E-state index contributed by atoms with van der Waals surface area (Å²) in [4.78, 5) is 0. The molecule has 0 saturated heterocycles. The van der Waals surface area contributed by atoms with Crippen LogP contribution in [0.25, 0.3) is 0 Å². The van der Waals surface area contributed by atoms with Gasteiger partial charge in [-0.3, -0.25) is 0 Å². The quantitative estimate of drug-likeness (QED) is 0.857. The molecule has 1 rings (SSSR count). The van der Waals surface area contributed by atoms with E-state index >= 15 is 0 Å². The fourth-order valence-corrected chi connectivity index (χ4v) is 1.50. The molecule has 0 unspecified atom stereocenters. The molecule has 1 aromatic rings. The molecule has 0 aliphatic rings. The molecule has 1 aromatic carbocycles. The van der Waals surface area contributed by atoms with Crippen molar-refractivity contribution in [1.29, 1.82) is 0 Å². The number of phenols is 1. The van der Waals surface area contributed by atoms with Crippen LogP contribution in [0.1, 0.15) is 38.3 Å². The Bertz CT molecular complexity index is 331. The smallest absolute Gasteiger partial charge is 0.165 e. The second-order valence-electron chi connectivity index (χ2n) is 4.26. The van der Waals surface area contributed by atoms with E-state index in [2.05, 4.69) is 13.8 Å². The van der Waals surface area contributed by atoms with Gasteiger partial charge >= 0.3 is 0 Å². The standard InChI is InChI=1S/C12H18FNO.ClH/c1-8(2)6-7-11(14)9-4-3-5-10(13)12(9)15;/h3-5,8,11,15H,6-7,14H2,1-2H3;1H/t11-;/m1./s1. The maximum absolute atomic E-state index is 13.0. The predicted molar refractivity (Wildman–Crippen MR) is 66.3 cm³/mol. The van der Waals surface area contributed by atoms with Crippen LogP contribution >= 0.6 is 12.4 Å². The molecule has 0 aromatic heterocycles. The van der Waals surface area contributed by atoms with Crippen LogP contribution in [0.2, 0.25) is 0 Å². The first kappa shape index (κ1) is 15.2. The minimum Gasteiger partial charge on any atom is -0.505 e. The first-order valence-electron chi connectivity index (χ1n) is 5.25. The van der Waals surface area contributed by atoms with Crippen molar-refractivity contribution in [3.8, 4) is 5.75 Å². The molecule has 0 spiro atoms. The third kappa shape index (κ3) is 3.99. The second-order valence-corrected chi connectivity index (χ2v) is 4.26. The molecule has 0 amide bonds. The zero-order chi connectivity index (χ0) is 11.4. The Balaban J connectivity index is 0.00000225. The summed E-state index contributed by atoms with van der Waals surface area (Å²) in [5.41, 5.74) is 6.38. The van der Waals surface area contributed by atoms with Crippen LogP contribution in [0.3, 0.4) is 0 Å². The summed E-state index contributed by atoms with van der Waals surface area (Å²) in [6.07, 6.45) is 1.73. The van der Waals surface area contributed by atoms with Gasteiger partial charge < -0.3 is 10.8 Å². The molecule has 0 heterocycles. The van der Waals surface area contributed by atoms with Gasteiger partial charge in [0.05, 0.1) is 0 Å². The molecule has 0 aliphatic heterocycles. The third-order valence-electron chi connectivity index (χ3n) is 2.47. The van der Waals surface area contributed by atoms with Gasteiger partial charge in [0.1, 0.15) is 0 Å². The van der Waals surface area contributed by atoms with Crippen LogP contribution < -0.4 is 5.73 Å². The van der Waals surface area contributed by atoms with Gasteiger partial charge in [0, 0.05) is 11.6 Å². The van der Waals surface area contributed by atoms with E-state index in [4.69, 9.17) is 5.73 Å². The molecule has 0 saturated carbocycles. The molecule has 4 heteroatoms. The van der Waals surface area contributed by atoms with Crippen molar-refractivity contribution in [1.82, 2.24) is 0 Å². The Morgan fingerprint density at radius 1 is 1.31 bits per heavy atom. The number of rotatable bonds is 4. The highest BCUT2D eigenvalue weighted by Gasteiger charge is 2.13. The van der Waals surface area contributed by atoms with Gasteiger partial charge in [-0.05, 0) is 24.8 Å². The van der Waals surface area contributed by atoms with Crippen LogP contribution in [-0.2, 0) is 0 Å². The maximum Gasteiger partial charge on any atom is 0.165 e. The van der Waals surface area contributed by atoms with Crippen LogP contribution in [-0.4, -0.2) is 5.11 Å². The molecule has 92 valence electrons. The molecular formula is C12H19ClFNO. The van der Waals surface area contributed by atoms with Gasteiger partial charge in [0.25, 0.3) is 0 Å². The number of para-hydroxylation sites is 1. The lowest BCUT2D eigenvalue weighted by molar-refractivity contribution is 0.413. The third-order valence-corrected chi connectivity index (χ3v) is 2.47. The predicted octanol–water partition coefficient (Wildman–Crippen LogP) is 3.39. The van der Waals surface area contributed by atoms with E-state index in [1.165, 1.54) is 6.07 Å². The van der Waals surface area contributed by atoms with E-state index in [0.29, 0.717) is 11.5 Å². The van der Waals surface area contributed by atoms with E-state index in [1.807, 2.05) is 0 Å². The Hall–Kier alpha value is -0.800. The van der Waals surface area contributed by atoms with Crippen molar-refractivity contribution in [2.45, 2.75) is 32.7 Å². The van der Waals surface area contributed by atoms with Crippen molar-refractivity contribution < 1.29 is 9.50 Å². The molecular weight excluding hydrogens is 229 g/mol. The SMILES string of the molecule is CC(C)CC[C@@H](N)c1cccc(F)c1O.Cl. The number of aromatic hydroxyl groups is 1. The summed E-state index contributed by atoms with van der Waals surface area (Å²) in [5, 5.41) is 9.48. The molecule has 0 fully saturated rings. The molecule has 16 heavy (non-hydrogen) atoms. The number of hydrogen-bond acceptors (Lipinski definition) is 2.